The van der Waals surface area contributed by atoms with Crippen molar-refractivity contribution in [3.05, 3.63) is 53.1 Å². The zero-order chi connectivity index (χ0) is 18.8. The minimum Gasteiger partial charge on any atom is -0.431 e. The van der Waals surface area contributed by atoms with Crippen LogP contribution in [0.4, 0.5) is 5.69 Å². The summed E-state index contributed by atoms with van der Waals surface area (Å²) in [4.78, 5) is 21.2. The van der Waals surface area contributed by atoms with Gasteiger partial charge in [-0.3, -0.25) is 4.79 Å². The maximum atomic E-state index is 12.5. The van der Waals surface area contributed by atoms with Gasteiger partial charge in [0.25, 0.3) is 5.22 Å². The van der Waals surface area contributed by atoms with Crippen molar-refractivity contribution in [1.29, 1.82) is 0 Å². The van der Waals surface area contributed by atoms with Crippen LogP contribution in [0.1, 0.15) is 5.56 Å². The first-order valence-electron chi connectivity index (χ1n) is 8.87. The van der Waals surface area contributed by atoms with E-state index < -0.39 is 0 Å². The van der Waals surface area contributed by atoms with Gasteiger partial charge in [-0.2, -0.15) is 0 Å². The molecule has 3 aromatic rings. The smallest absolute Gasteiger partial charge is 0.257 e. The molecule has 2 aromatic carbocycles. The summed E-state index contributed by atoms with van der Waals surface area (Å²) in [6.45, 7) is 5.11. The maximum Gasteiger partial charge on any atom is 0.257 e. The predicted molar refractivity (Wildman–Crippen MR) is 110 cm³/mol. The lowest BCUT2D eigenvalue weighted by Gasteiger charge is -2.36. The van der Waals surface area contributed by atoms with Crippen LogP contribution in [0.15, 0.2) is 52.1 Å². The number of amides is 1. The van der Waals surface area contributed by atoms with E-state index in [2.05, 4.69) is 16.8 Å². The normalized spacial score (nSPS) is 14.7. The summed E-state index contributed by atoms with van der Waals surface area (Å²) in [7, 11) is 0. The van der Waals surface area contributed by atoms with Crippen LogP contribution in [0.5, 0.6) is 0 Å². The number of carbonyl (C=O) groups excluding carboxylic acids is 1. The van der Waals surface area contributed by atoms with Gasteiger partial charge in [-0.05, 0) is 36.8 Å². The van der Waals surface area contributed by atoms with Crippen molar-refractivity contribution in [2.75, 3.05) is 36.8 Å². The van der Waals surface area contributed by atoms with E-state index in [1.807, 2.05) is 47.4 Å². The van der Waals surface area contributed by atoms with Gasteiger partial charge in [0, 0.05) is 36.9 Å². The van der Waals surface area contributed by atoms with Crippen LogP contribution in [0.25, 0.3) is 11.1 Å². The topological polar surface area (TPSA) is 49.6 Å². The summed E-state index contributed by atoms with van der Waals surface area (Å²) in [5.41, 5.74) is 3.91. The largest absolute Gasteiger partial charge is 0.431 e. The molecule has 0 N–H and O–H groups in total. The van der Waals surface area contributed by atoms with E-state index in [0.29, 0.717) is 24.1 Å². The van der Waals surface area contributed by atoms with Crippen LogP contribution >= 0.6 is 23.4 Å². The molecule has 4 rings (SSSR count). The molecule has 2 heterocycles. The number of anilines is 1. The zero-order valence-corrected chi connectivity index (χ0v) is 16.6. The fraction of sp³-hybridized carbons (Fsp3) is 0.300. The zero-order valence-electron chi connectivity index (χ0n) is 15.0. The Balaban J connectivity index is 1.32. The highest BCUT2D eigenvalue weighted by Gasteiger charge is 2.22. The fourth-order valence-corrected chi connectivity index (χ4v) is 4.16. The molecule has 1 amide bonds. The molecule has 0 atom stereocenters. The van der Waals surface area contributed by atoms with Crippen molar-refractivity contribution in [3.63, 3.8) is 0 Å². The van der Waals surface area contributed by atoms with Gasteiger partial charge in [0.05, 0.1) is 5.75 Å². The van der Waals surface area contributed by atoms with Gasteiger partial charge in [0.15, 0.2) is 5.58 Å². The summed E-state index contributed by atoms with van der Waals surface area (Å²) in [6, 6.07) is 13.6. The van der Waals surface area contributed by atoms with Crippen LogP contribution in [0.3, 0.4) is 0 Å². The molecule has 7 heteroatoms. The Kier molecular flexibility index (Phi) is 5.27. The first kappa shape index (κ1) is 18.2. The predicted octanol–water partition coefficient (Wildman–Crippen LogP) is 4.23. The third-order valence-electron chi connectivity index (χ3n) is 4.74. The average molecular weight is 402 g/mol. The molecule has 0 spiro atoms. The molecule has 1 saturated heterocycles. The standard InChI is InChI=1S/C20H20ClN3O2S/c1-14-6-7-15(21)12-17(14)23-8-10-24(11-9-23)19(25)13-27-20-22-16-4-2-3-5-18(16)26-20/h2-7,12H,8-11,13H2,1H3. The van der Waals surface area contributed by atoms with E-state index >= 15 is 0 Å². The van der Waals surface area contributed by atoms with Crippen LogP contribution < -0.4 is 4.90 Å². The van der Waals surface area contributed by atoms with Crippen LogP contribution in [0, 0.1) is 6.92 Å². The summed E-state index contributed by atoms with van der Waals surface area (Å²) in [5.74, 6) is 0.452. The number of fused-ring (bicyclic) bond motifs is 1. The molecule has 5 nitrogen and oxygen atoms in total. The Labute approximate surface area is 167 Å². The molecule has 27 heavy (non-hydrogen) atoms. The van der Waals surface area contributed by atoms with E-state index in [4.69, 9.17) is 16.0 Å². The Bertz CT molecular complexity index is 934. The van der Waals surface area contributed by atoms with Gasteiger partial charge in [-0.15, -0.1) is 0 Å². The van der Waals surface area contributed by atoms with Gasteiger partial charge in [-0.1, -0.05) is 41.6 Å². The van der Waals surface area contributed by atoms with Gasteiger partial charge in [-0.25, -0.2) is 4.98 Å². The lowest BCUT2D eigenvalue weighted by Crippen LogP contribution is -2.49. The molecule has 1 aliphatic rings. The third kappa shape index (κ3) is 4.06. The van der Waals surface area contributed by atoms with Gasteiger partial charge in [0.2, 0.25) is 5.91 Å². The van der Waals surface area contributed by atoms with Gasteiger partial charge in [0.1, 0.15) is 5.52 Å². The molecule has 1 aromatic heterocycles. The van der Waals surface area contributed by atoms with E-state index in [0.717, 1.165) is 34.9 Å². The number of hydrogen-bond acceptors (Lipinski definition) is 5. The van der Waals surface area contributed by atoms with Crippen LogP contribution in [-0.2, 0) is 4.79 Å². The maximum absolute atomic E-state index is 12.5. The number of thioether (sulfide) groups is 1. The molecule has 1 aliphatic heterocycles. The van der Waals surface area contributed by atoms with Crippen LogP contribution in [0.2, 0.25) is 5.02 Å². The highest BCUT2D eigenvalue weighted by atomic mass is 35.5. The van der Waals surface area contributed by atoms with E-state index in [1.165, 1.54) is 17.3 Å². The number of para-hydroxylation sites is 2. The van der Waals surface area contributed by atoms with Crippen molar-refractivity contribution in [3.8, 4) is 0 Å². The SMILES string of the molecule is Cc1ccc(Cl)cc1N1CCN(C(=O)CSc2nc3ccccc3o2)CC1. The molecule has 0 bridgehead atoms. The lowest BCUT2D eigenvalue weighted by molar-refractivity contribution is -0.128. The summed E-state index contributed by atoms with van der Waals surface area (Å²) in [5, 5.41) is 1.28. The molecule has 0 aliphatic carbocycles. The molecular formula is C20H20ClN3O2S. The summed E-state index contributed by atoms with van der Waals surface area (Å²) in [6.07, 6.45) is 0. The first-order valence-corrected chi connectivity index (χ1v) is 10.2. The second kappa shape index (κ2) is 7.82. The van der Waals surface area contributed by atoms with Gasteiger partial charge < -0.3 is 14.2 Å². The number of oxazole rings is 1. The number of carbonyl (C=O) groups is 1. The van der Waals surface area contributed by atoms with E-state index in [9.17, 15) is 4.79 Å². The monoisotopic (exact) mass is 401 g/mol. The minimum absolute atomic E-state index is 0.115. The third-order valence-corrected chi connectivity index (χ3v) is 5.79. The van der Waals surface area contributed by atoms with Crippen molar-refractivity contribution in [2.24, 2.45) is 0 Å². The summed E-state index contributed by atoms with van der Waals surface area (Å²) >= 11 is 7.48. The molecule has 0 unspecified atom stereocenters. The Hall–Kier alpha value is -2.18. The first-order chi connectivity index (χ1) is 13.1. The van der Waals surface area contributed by atoms with Gasteiger partial charge >= 0.3 is 0 Å². The fourth-order valence-electron chi connectivity index (χ4n) is 3.25. The molecule has 140 valence electrons. The summed E-state index contributed by atoms with van der Waals surface area (Å²) < 4.78 is 5.67. The van der Waals surface area contributed by atoms with Crippen molar-refractivity contribution >= 4 is 46.1 Å². The Morgan fingerprint density at radius 1 is 1.19 bits per heavy atom. The molecule has 1 fully saturated rings. The number of aromatic nitrogens is 1. The second-order valence-electron chi connectivity index (χ2n) is 6.53. The molecule has 0 radical (unpaired) electrons. The number of halogens is 1. The number of hydrogen-bond donors (Lipinski definition) is 0. The van der Waals surface area contributed by atoms with Crippen molar-refractivity contribution in [2.45, 2.75) is 12.1 Å². The molecule has 0 saturated carbocycles. The number of aryl methyl sites for hydroxylation is 1. The highest BCUT2D eigenvalue weighted by molar-refractivity contribution is 7.99. The minimum atomic E-state index is 0.115. The number of nitrogens with zero attached hydrogens (tertiary/aromatic N) is 3. The highest BCUT2D eigenvalue weighted by Crippen LogP contribution is 2.26. The number of rotatable bonds is 4. The van der Waals surface area contributed by atoms with Crippen molar-refractivity contribution < 1.29 is 9.21 Å². The Morgan fingerprint density at radius 2 is 1.96 bits per heavy atom. The molecular weight excluding hydrogens is 382 g/mol. The van der Waals surface area contributed by atoms with Crippen molar-refractivity contribution in [1.82, 2.24) is 9.88 Å². The van der Waals surface area contributed by atoms with E-state index in [1.54, 1.807) is 0 Å². The average Bonchev–Trinajstić information content (AvgIpc) is 3.11. The second-order valence-corrected chi connectivity index (χ2v) is 7.90. The van der Waals surface area contributed by atoms with Crippen LogP contribution in [-0.4, -0.2) is 47.7 Å². The Morgan fingerprint density at radius 3 is 2.74 bits per heavy atom. The number of benzene rings is 2. The quantitative estimate of drug-likeness (QED) is 0.612. The van der Waals surface area contributed by atoms with E-state index in [-0.39, 0.29) is 5.91 Å². The lowest BCUT2D eigenvalue weighted by atomic mass is 10.1. The number of piperazine rings is 1.